The van der Waals surface area contributed by atoms with Gasteiger partial charge in [0.1, 0.15) is 11.6 Å². The lowest BCUT2D eigenvalue weighted by Crippen LogP contribution is -2.24. The number of fused-ring (bicyclic) bond motifs is 1. The summed E-state index contributed by atoms with van der Waals surface area (Å²) < 4.78 is 7.70. The molecule has 3 heterocycles. The van der Waals surface area contributed by atoms with E-state index in [1.165, 1.54) is 12.8 Å². The summed E-state index contributed by atoms with van der Waals surface area (Å²) in [6.45, 7) is 3.36. The van der Waals surface area contributed by atoms with Crippen LogP contribution >= 0.6 is 0 Å². The molecule has 0 bridgehead atoms. The second-order valence-electron chi connectivity index (χ2n) is 6.51. The predicted octanol–water partition coefficient (Wildman–Crippen LogP) is 2.69. The van der Waals surface area contributed by atoms with Gasteiger partial charge in [0, 0.05) is 7.05 Å². The normalized spacial score (nSPS) is 15.1. The van der Waals surface area contributed by atoms with Crippen molar-refractivity contribution < 1.29 is 9.21 Å². The van der Waals surface area contributed by atoms with Crippen LogP contribution in [0.4, 0.5) is 0 Å². The van der Waals surface area contributed by atoms with Crippen molar-refractivity contribution in [3.05, 3.63) is 53.7 Å². The molecule has 1 saturated heterocycles. The van der Waals surface area contributed by atoms with Gasteiger partial charge in [0.05, 0.1) is 24.1 Å². The van der Waals surface area contributed by atoms with E-state index in [0.29, 0.717) is 12.3 Å². The number of amides is 1. The largest absolute Gasteiger partial charge is 0.455 e. The molecule has 0 unspecified atom stereocenters. The molecule has 25 heavy (non-hydrogen) atoms. The molecule has 130 valence electrons. The average molecular weight is 338 g/mol. The van der Waals surface area contributed by atoms with Gasteiger partial charge in [-0.15, -0.1) is 0 Å². The number of imidazole rings is 1. The first-order chi connectivity index (χ1) is 12.2. The fourth-order valence-corrected chi connectivity index (χ4v) is 3.35. The number of hydrogen-bond donors (Lipinski definition) is 1. The number of nitrogens with zero attached hydrogens (tertiary/aromatic N) is 3. The minimum Gasteiger partial charge on any atom is -0.455 e. The molecule has 4 rings (SSSR count). The highest BCUT2D eigenvalue weighted by molar-refractivity contribution is 5.91. The number of rotatable bonds is 5. The van der Waals surface area contributed by atoms with Crippen LogP contribution < -0.4 is 5.32 Å². The van der Waals surface area contributed by atoms with Gasteiger partial charge in [0.25, 0.3) is 5.91 Å². The van der Waals surface area contributed by atoms with E-state index in [9.17, 15) is 4.79 Å². The van der Waals surface area contributed by atoms with Crippen LogP contribution in [0.1, 0.15) is 35.0 Å². The lowest BCUT2D eigenvalue weighted by Gasteiger charge is -2.11. The van der Waals surface area contributed by atoms with Gasteiger partial charge >= 0.3 is 0 Å². The minimum absolute atomic E-state index is 0.209. The van der Waals surface area contributed by atoms with Crippen LogP contribution in [0.25, 0.3) is 11.0 Å². The molecule has 1 aromatic carbocycles. The van der Waals surface area contributed by atoms with E-state index in [1.54, 1.807) is 6.07 Å². The monoisotopic (exact) mass is 338 g/mol. The number of carbonyl (C=O) groups is 1. The molecule has 2 aromatic heterocycles. The van der Waals surface area contributed by atoms with Crippen LogP contribution in [0.5, 0.6) is 0 Å². The minimum atomic E-state index is -0.209. The van der Waals surface area contributed by atoms with E-state index in [-0.39, 0.29) is 5.91 Å². The number of likely N-dealkylation sites (tertiary alicyclic amines) is 1. The fourth-order valence-electron chi connectivity index (χ4n) is 3.35. The highest BCUT2D eigenvalue weighted by atomic mass is 16.4. The molecular formula is C19H22N4O2. The SMILES string of the molecule is Cn1c(CNC(=O)c2ccc(CN3CCCC3)o2)nc2ccccc21. The van der Waals surface area contributed by atoms with E-state index < -0.39 is 0 Å². The number of para-hydroxylation sites is 2. The second kappa shape index (κ2) is 6.72. The Morgan fingerprint density at radius 2 is 2.00 bits per heavy atom. The first kappa shape index (κ1) is 15.9. The van der Waals surface area contributed by atoms with Crippen LogP contribution in [0.2, 0.25) is 0 Å². The maximum Gasteiger partial charge on any atom is 0.287 e. The van der Waals surface area contributed by atoms with Crippen LogP contribution in [0.3, 0.4) is 0 Å². The van der Waals surface area contributed by atoms with E-state index >= 15 is 0 Å². The van der Waals surface area contributed by atoms with E-state index in [4.69, 9.17) is 4.42 Å². The standard InChI is InChI=1S/C19H22N4O2/c1-22-16-7-3-2-6-15(16)21-18(22)12-20-19(24)17-9-8-14(25-17)13-23-10-4-5-11-23/h2-3,6-9H,4-5,10-13H2,1H3,(H,20,24). The molecule has 3 aromatic rings. The number of furan rings is 1. The molecule has 1 fully saturated rings. The van der Waals surface area contributed by atoms with Crippen molar-refractivity contribution in [2.24, 2.45) is 7.05 Å². The summed E-state index contributed by atoms with van der Waals surface area (Å²) in [6.07, 6.45) is 2.48. The third kappa shape index (κ3) is 3.30. The van der Waals surface area contributed by atoms with E-state index in [0.717, 1.165) is 42.3 Å². The number of aryl methyl sites for hydroxylation is 1. The van der Waals surface area contributed by atoms with Crippen LogP contribution in [0.15, 0.2) is 40.8 Å². The molecule has 0 aliphatic carbocycles. The van der Waals surface area contributed by atoms with Gasteiger partial charge in [0.2, 0.25) is 0 Å². The number of hydrogen-bond acceptors (Lipinski definition) is 4. The highest BCUT2D eigenvalue weighted by Gasteiger charge is 2.16. The van der Waals surface area contributed by atoms with Gasteiger partial charge < -0.3 is 14.3 Å². The third-order valence-corrected chi connectivity index (χ3v) is 4.75. The molecule has 6 heteroatoms. The van der Waals surface area contributed by atoms with E-state index in [2.05, 4.69) is 15.2 Å². The van der Waals surface area contributed by atoms with Gasteiger partial charge in [-0.25, -0.2) is 4.98 Å². The number of benzene rings is 1. The summed E-state index contributed by atoms with van der Waals surface area (Å²) in [4.78, 5) is 19.2. The lowest BCUT2D eigenvalue weighted by molar-refractivity contribution is 0.0918. The van der Waals surface area contributed by atoms with Crippen LogP contribution in [0, 0.1) is 0 Å². The van der Waals surface area contributed by atoms with Crippen molar-refractivity contribution in [2.45, 2.75) is 25.9 Å². The topological polar surface area (TPSA) is 63.3 Å². The van der Waals surface area contributed by atoms with Gasteiger partial charge in [-0.3, -0.25) is 9.69 Å². The quantitative estimate of drug-likeness (QED) is 0.777. The summed E-state index contributed by atoms with van der Waals surface area (Å²) in [5.74, 6) is 1.81. The highest BCUT2D eigenvalue weighted by Crippen LogP contribution is 2.16. The molecule has 1 amide bonds. The Morgan fingerprint density at radius 1 is 1.20 bits per heavy atom. The maximum absolute atomic E-state index is 12.3. The molecule has 0 spiro atoms. The fraction of sp³-hybridized carbons (Fsp3) is 0.368. The molecule has 0 atom stereocenters. The average Bonchev–Trinajstić information content (AvgIpc) is 3.35. The molecular weight excluding hydrogens is 316 g/mol. The van der Waals surface area contributed by atoms with Gasteiger partial charge in [-0.1, -0.05) is 12.1 Å². The van der Waals surface area contributed by atoms with Gasteiger partial charge in [0.15, 0.2) is 5.76 Å². The van der Waals surface area contributed by atoms with Crippen LogP contribution in [-0.4, -0.2) is 33.4 Å². The first-order valence-corrected chi connectivity index (χ1v) is 8.70. The molecule has 6 nitrogen and oxygen atoms in total. The molecule has 1 N–H and O–H groups in total. The van der Waals surface area contributed by atoms with Crippen molar-refractivity contribution in [3.8, 4) is 0 Å². The van der Waals surface area contributed by atoms with Crippen molar-refractivity contribution in [2.75, 3.05) is 13.1 Å². The van der Waals surface area contributed by atoms with Crippen molar-refractivity contribution in [1.82, 2.24) is 19.8 Å². The van der Waals surface area contributed by atoms with Crippen molar-refractivity contribution in [3.63, 3.8) is 0 Å². The zero-order valence-electron chi connectivity index (χ0n) is 14.4. The van der Waals surface area contributed by atoms with Crippen molar-refractivity contribution >= 4 is 16.9 Å². The summed E-state index contributed by atoms with van der Waals surface area (Å²) in [5, 5.41) is 2.89. The zero-order chi connectivity index (χ0) is 17.2. The number of aromatic nitrogens is 2. The Bertz CT molecular complexity index is 890. The Balaban J connectivity index is 1.39. The number of carbonyl (C=O) groups excluding carboxylic acids is 1. The smallest absolute Gasteiger partial charge is 0.287 e. The third-order valence-electron chi connectivity index (χ3n) is 4.75. The second-order valence-corrected chi connectivity index (χ2v) is 6.51. The summed E-state index contributed by atoms with van der Waals surface area (Å²) >= 11 is 0. The summed E-state index contributed by atoms with van der Waals surface area (Å²) in [7, 11) is 1.96. The molecule has 0 saturated carbocycles. The Labute approximate surface area is 146 Å². The maximum atomic E-state index is 12.3. The van der Waals surface area contributed by atoms with Gasteiger partial charge in [-0.2, -0.15) is 0 Å². The Hall–Kier alpha value is -2.60. The molecule has 0 radical (unpaired) electrons. The first-order valence-electron chi connectivity index (χ1n) is 8.70. The lowest BCUT2D eigenvalue weighted by atomic mass is 10.3. The van der Waals surface area contributed by atoms with Gasteiger partial charge in [-0.05, 0) is 50.2 Å². The zero-order valence-corrected chi connectivity index (χ0v) is 14.4. The number of nitrogens with one attached hydrogen (secondary N) is 1. The molecule has 1 aliphatic heterocycles. The summed E-state index contributed by atoms with van der Waals surface area (Å²) in [5.41, 5.74) is 1.98. The summed E-state index contributed by atoms with van der Waals surface area (Å²) in [6, 6.07) is 11.6. The molecule has 1 aliphatic rings. The Kier molecular flexibility index (Phi) is 4.28. The Morgan fingerprint density at radius 3 is 2.80 bits per heavy atom. The van der Waals surface area contributed by atoms with Crippen LogP contribution in [-0.2, 0) is 20.1 Å². The van der Waals surface area contributed by atoms with E-state index in [1.807, 2.05) is 41.9 Å². The predicted molar refractivity (Wildman–Crippen MR) is 95.1 cm³/mol. The van der Waals surface area contributed by atoms with Crippen molar-refractivity contribution in [1.29, 1.82) is 0 Å².